The Bertz CT molecular complexity index is 3850. The summed E-state index contributed by atoms with van der Waals surface area (Å²) in [6, 6.07) is -10.3. The monoisotopic (exact) mass is 1500 g/mol. The number of hydrazine groups is 3. The second-order valence-corrected chi connectivity index (χ2v) is 31.3. The third-order valence-electron chi connectivity index (χ3n) is 23.0. The van der Waals surface area contributed by atoms with E-state index >= 15 is 28.8 Å². The molecule has 8 fully saturated rings. The summed E-state index contributed by atoms with van der Waals surface area (Å²) in [6.07, 6.45) is -3.27. The van der Waals surface area contributed by atoms with Crippen LogP contribution in [0.1, 0.15) is 149 Å². The van der Waals surface area contributed by atoms with Crippen LogP contribution in [0.15, 0.2) is 24.3 Å². The van der Waals surface area contributed by atoms with Crippen molar-refractivity contribution in [2.24, 2.45) is 17.8 Å². The van der Waals surface area contributed by atoms with Gasteiger partial charge in [-0.25, -0.2) is 16.3 Å². The Balaban J connectivity index is 0.908. The molecule has 105 heavy (non-hydrogen) atoms. The molecule has 0 bridgehead atoms. The van der Waals surface area contributed by atoms with Gasteiger partial charge in [0.25, 0.3) is 17.7 Å². The number of aliphatic hydroxyl groups excluding tert-OH is 2. The van der Waals surface area contributed by atoms with Crippen LogP contribution in [-0.2, 0) is 79.9 Å². The first-order chi connectivity index (χ1) is 49.8. The van der Waals surface area contributed by atoms with E-state index in [4.69, 9.17) is 27.9 Å². The minimum Gasteiger partial charge on any atom is -0.393 e. The van der Waals surface area contributed by atoms with Gasteiger partial charge in [-0.15, -0.1) is 0 Å². The van der Waals surface area contributed by atoms with Gasteiger partial charge in [-0.3, -0.25) is 72.6 Å². The summed E-state index contributed by atoms with van der Waals surface area (Å²) in [5.74, 6) is -12.1. The summed E-state index contributed by atoms with van der Waals surface area (Å²) in [5, 5.41) is 70.7. The number of carbonyl (C=O) groups is 12. The van der Waals surface area contributed by atoms with Gasteiger partial charge >= 0.3 is 0 Å². The summed E-state index contributed by atoms with van der Waals surface area (Å²) < 4.78 is 5.38. The number of amides is 11. The first-order valence-electron chi connectivity index (χ1n) is 36.8. The molecule has 8 saturated heterocycles. The average Bonchev–Trinajstić information content (AvgIpc) is 1.55. The van der Waals surface area contributed by atoms with Crippen LogP contribution in [0.4, 0.5) is 5.69 Å². The number of carbonyl (C=O) groups excluding carboxylic acids is 12. The highest BCUT2D eigenvalue weighted by molar-refractivity contribution is 6.37. The summed E-state index contributed by atoms with van der Waals surface area (Å²) >= 11 is 14.6. The third-order valence-corrected chi connectivity index (χ3v) is 23.6. The molecule has 0 spiro atoms. The van der Waals surface area contributed by atoms with Gasteiger partial charge in [-0.2, -0.15) is 0 Å². The van der Waals surface area contributed by atoms with Crippen molar-refractivity contribution in [1.82, 2.24) is 72.6 Å². The molecule has 13 N–H and O–H groups in total. The number of aliphatic hydroxyl groups is 4. The molecule has 2 aromatic rings. The number of methoxy groups -OCH3 is 1. The van der Waals surface area contributed by atoms with E-state index in [9.17, 15) is 49.2 Å². The summed E-state index contributed by atoms with van der Waals surface area (Å²) in [7, 11) is 1.28. The number of anilines is 1. The van der Waals surface area contributed by atoms with E-state index in [1.807, 2.05) is 0 Å². The topological polar surface area (TPSA) is 423 Å². The number of benzene rings is 2. The van der Waals surface area contributed by atoms with E-state index in [2.05, 4.69) is 48.2 Å². The fourth-order valence-corrected chi connectivity index (χ4v) is 17.9. The van der Waals surface area contributed by atoms with Crippen LogP contribution in [0, 0.1) is 17.8 Å². The van der Waals surface area contributed by atoms with E-state index in [0.29, 0.717) is 44.2 Å². The Morgan fingerprint density at radius 2 is 1.01 bits per heavy atom. The molecule has 2 aromatic carbocycles. The summed E-state index contributed by atoms with van der Waals surface area (Å²) in [6.45, 7) is 11.5. The second kappa shape index (κ2) is 30.5. The molecule has 572 valence electrons. The van der Waals surface area contributed by atoms with Gasteiger partial charge in [0.1, 0.15) is 77.8 Å². The zero-order valence-corrected chi connectivity index (χ0v) is 61.7. The van der Waals surface area contributed by atoms with E-state index in [0.717, 1.165) is 9.80 Å². The van der Waals surface area contributed by atoms with Crippen molar-refractivity contribution in [2.75, 3.05) is 45.2 Å². The molecular weight excluding hydrogens is 1410 g/mol. The molecule has 34 heteroatoms. The molecule has 32 nitrogen and oxygen atoms in total. The number of Topliss-reactive ketones (excluding diaryl/α,β-unsaturated/α-hetero) is 1. The van der Waals surface area contributed by atoms with Gasteiger partial charge in [-0.1, -0.05) is 57.8 Å². The molecule has 18 atom stereocenters. The predicted octanol–water partition coefficient (Wildman–Crippen LogP) is -1.06. The van der Waals surface area contributed by atoms with Crippen LogP contribution >= 0.6 is 23.2 Å². The van der Waals surface area contributed by atoms with Gasteiger partial charge in [0.15, 0.2) is 5.78 Å². The van der Waals surface area contributed by atoms with Crippen molar-refractivity contribution < 1.29 is 82.7 Å². The zero-order valence-electron chi connectivity index (χ0n) is 60.2. The first-order valence-corrected chi connectivity index (χ1v) is 37.5. The predicted molar refractivity (Wildman–Crippen MR) is 376 cm³/mol. The average molecular weight is 1500 g/mol. The van der Waals surface area contributed by atoms with Gasteiger partial charge in [0.2, 0.25) is 47.3 Å². The minimum absolute atomic E-state index is 0.00256. The fourth-order valence-electron chi connectivity index (χ4n) is 17.3. The summed E-state index contributed by atoms with van der Waals surface area (Å²) in [5.41, 5.74) is 5.85. The number of piperidine rings is 1. The van der Waals surface area contributed by atoms with Crippen LogP contribution in [0.25, 0.3) is 11.1 Å². The number of hydrogen-bond donors (Lipinski definition) is 13. The Morgan fingerprint density at radius 3 is 1.58 bits per heavy atom. The number of halogens is 2. The number of fused-ring (bicyclic) bond motifs is 14. The highest BCUT2D eigenvalue weighted by atomic mass is 35.5. The Morgan fingerprint density at radius 1 is 0.505 bits per heavy atom. The second-order valence-electron chi connectivity index (χ2n) is 30.5. The first kappa shape index (κ1) is 77.0. The molecule has 9 aliphatic heterocycles. The van der Waals surface area contributed by atoms with E-state index in [-0.39, 0.29) is 96.1 Å². The SMILES string of the molecule is CC[C@@H]1NC(=O)C2CCCNN2C(=O)[C@@H]2CCCNN2C(=O)[C@@H](C(C)C)NC(=O)[C@@H]2C[C@@]3(O)c4cc(-c5cc6c(cc5Cl)N[C@H]5N7C(=O)[C@@H]([C@H](C)O)NC(=O)[C@H](COC)NC(=O)[C@H]8CCCCN8C(=O)[C@@H]8CCCNN8C(=O)[C@@H](C(C)C)NC(=O)[C@@H]7C[C@@]65O)c(Cl)cc4C[C@H]3N2C(=O)[C@@H]([C@H](C)O)CC1=O. The normalized spacial score (nSPS) is 33.9. The lowest BCUT2D eigenvalue weighted by Crippen LogP contribution is -2.68. The fraction of sp³-hybridized carbons (Fsp3) is 0.662. The molecule has 0 radical (unpaired) electrons. The standard InChI is InChI=1S/C71H97Cl2N15O17/c1-9-44-53(91)27-37(34(6)89)63(97)84-51(61(95)80-56(33(4)5)68(102)88-50(18-14-21-76-88)65(99)86-48(60(94)77-44)16-12-19-74-86)29-70(103)40-25-38(42(72)23-36(40)24-54(70)84)39-26-41-45(28-43(39)73)79-69-71(41,104)30-52-62(96)81-55(32(2)3)67(101)87-49(17-13-20-75-87)64(98)83-22-11-10-15-47(83)59(93)78-46(31-105-8)58(92)82-57(35(7)90)66(100)85(52)69/h23,25-26,28,32-35,37,44,46-52,54-57,69,74-76,79,89-90,103-104H,9-22,24,27,29-31H2,1-8H3,(H,77,94)(H,78,93)(H,80,95)(H,81,96)(H,82,92)/t34-,35-,37+,44-,46-,47+,48?,49-,50-,51-,52-,54+,55+,56+,57+,69-,70+,71+/m0/s1. The third kappa shape index (κ3) is 14.0. The number of ether oxygens (including phenoxy) is 1. The molecule has 10 aliphatic rings. The van der Waals surface area contributed by atoms with E-state index < -0.39 is 216 Å². The van der Waals surface area contributed by atoms with Crippen molar-refractivity contribution in [3.8, 4) is 11.1 Å². The van der Waals surface area contributed by atoms with Crippen molar-refractivity contribution in [3.63, 3.8) is 0 Å². The number of nitrogens with one attached hydrogen (secondary N) is 9. The van der Waals surface area contributed by atoms with E-state index in [1.165, 1.54) is 59.1 Å². The van der Waals surface area contributed by atoms with Crippen molar-refractivity contribution in [3.05, 3.63) is 51.0 Å². The summed E-state index contributed by atoms with van der Waals surface area (Å²) in [4.78, 5) is 183. The maximum absolute atomic E-state index is 15.7. The molecule has 12 rings (SSSR count). The molecule has 1 unspecified atom stereocenters. The van der Waals surface area contributed by atoms with Crippen molar-refractivity contribution in [1.29, 1.82) is 0 Å². The Hall–Kier alpha value is -7.66. The highest BCUT2D eigenvalue weighted by Gasteiger charge is 2.64. The maximum Gasteiger partial charge on any atom is 0.261 e. The van der Waals surface area contributed by atoms with Crippen LogP contribution in [0.2, 0.25) is 10.0 Å². The Kier molecular flexibility index (Phi) is 22.4. The van der Waals surface area contributed by atoms with Crippen molar-refractivity contribution >= 4 is 99.7 Å². The van der Waals surface area contributed by atoms with Crippen LogP contribution < -0.4 is 48.2 Å². The lowest BCUT2D eigenvalue weighted by molar-refractivity contribution is -0.161. The van der Waals surface area contributed by atoms with Crippen LogP contribution in [0.3, 0.4) is 0 Å². The largest absolute Gasteiger partial charge is 0.393 e. The molecule has 0 saturated carbocycles. The molecular formula is C71H97Cl2N15O17. The lowest BCUT2D eigenvalue weighted by atomic mass is 9.86. The zero-order chi connectivity index (χ0) is 75.7. The molecule has 1 aliphatic carbocycles. The quantitative estimate of drug-likeness (QED) is 0.150. The maximum atomic E-state index is 15.7. The van der Waals surface area contributed by atoms with Gasteiger partial charge in [-0.05, 0) is 132 Å². The van der Waals surface area contributed by atoms with Gasteiger partial charge in [0.05, 0.1) is 41.8 Å². The number of hydrogen-bond acceptors (Lipinski definition) is 21. The van der Waals surface area contributed by atoms with Gasteiger partial charge < -0.3 is 71.8 Å². The number of nitrogens with zero attached hydrogens (tertiary/aromatic N) is 6. The molecule has 9 heterocycles. The number of rotatable bonds is 8. The Labute approximate surface area is 617 Å². The molecule has 0 aromatic heterocycles. The molecule has 11 amide bonds. The number of ketones is 1. The lowest BCUT2D eigenvalue weighted by Gasteiger charge is -2.43. The minimum atomic E-state index is -2.26. The smallest absolute Gasteiger partial charge is 0.261 e. The van der Waals surface area contributed by atoms with E-state index in [1.54, 1.807) is 40.7 Å². The highest BCUT2D eigenvalue weighted by Crippen LogP contribution is 2.55. The van der Waals surface area contributed by atoms with Crippen LogP contribution in [0.5, 0.6) is 0 Å². The van der Waals surface area contributed by atoms with Crippen LogP contribution in [-0.4, -0.2) is 252 Å². The van der Waals surface area contributed by atoms with Crippen molar-refractivity contribution in [2.45, 2.75) is 240 Å². The van der Waals surface area contributed by atoms with Gasteiger partial charge in [0, 0.05) is 80.0 Å².